The second-order valence-corrected chi connectivity index (χ2v) is 4.47. The number of carbonyl (C=O) groups is 2. The van der Waals surface area contributed by atoms with Crippen LogP contribution in [0, 0.1) is 5.41 Å². The topological polar surface area (TPSA) is 77.8 Å². The van der Waals surface area contributed by atoms with E-state index >= 15 is 0 Å². The molecule has 0 aromatic carbocycles. The fraction of sp³-hybridized carbons (Fsp3) is 0.778. The summed E-state index contributed by atoms with van der Waals surface area (Å²) in [6.45, 7) is 6.49. The average molecular weight is 203 g/mol. The Morgan fingerprint density at radius 3 is 1.50 bits per heavy atom. The molecule has 0 spiro atoms. The highest BCUT2D eigenvalue weighted by Crippen LogP contribution is 2.35. The highest BCUT2D eigenvalue weighted by molar-refractivity contribution is 5.84. The van der Waals surface area contributed by atoms with Gasteiger partial charge in [-0.1, -0.05) is 20.8 Å². The van der Waals surface area contributed by atoms with Gasteiger partial charge in [0.25, 0.3) is 0 Å². The Bertz CT molecular complexity index is 256. The number of amides is 1. The Hall–Kier alpha value is -1.26. The fourth-order valence-corrected chi connectivity index (χ4v) is 1.16. The molecule has 0 heterocycles. The fourth-order valence-electron chi connectivity index (χ4n) is 1.16. The van der Waals surface area contributed by atoms with Crippen LogP contribution in [0.5, 0.6) is 0 Å². The summed E-state index contributed by atoms with van der Waals surface area (Å²) >= 11 is 0. The smallest absolute Gasteiger partial charge is 0.408 e. The predicted octanol–water partition coefficient (Wildman–Crippen LogP) is 1.49. The molecule has 1 amide bonds. The van der Waals surface area contributed by atoms with Gasteiger partial charge in [-0.15, -0.1) is 0 Å². The van der Waals surface area contributed by atoms with Crippen LogP contribution in [0.2, 0.25) is 0 Å². The van der Waals surface area contributed by atoms with E-state index in [0.717, 1.165) is 4.90 Å². The van der Waals surface area contributed by atoms with Gasteiger partial charge in [-0.25, -0.2) is 9.59 Å². The van der Waals surface area contributed by atoms with Crippen molar-refractivity contribution < 1.29 is 19.8 Å². The Morgan fingerprint density at radius 1 is 1.07 bits per heavy atom. The van der Waals surface area contributed by atoms with Gasteiger partial charge in [-0.2, -0.15) is 0 Å². The molecule has 0 rings (SSSR count). The quantitative estimate of drug-likeness (QED) is 0.712. The SMILES string of the molecule is CN(C(=O)O)[C@@](C)(C(=O)O)C(C)(C)C. The first-order valence-corrected chi connectivity index (χ1v) is 4.25. The molecule has 5 nitrogen and oxygen atoms in total. The standard InChI is InChI=1S/C9H17NO4/c1-8(2,3)9(4,6(11)12)10(5)7(13)14/h1-5H3,(H,11,12)(H,13,14)/t9-/m0/s1. The first kappa shape index (κ1) is 12.7. The molecule has 0 saturated carbocycles. The first-order chi connectivity index (χ1) is 6.05. The second kappa shape index (κ2) is 3.48. The lowest BCUT2D eigenvalue weighted by Crippen LogP contribution is -2.60. The number of aliphatic carboxylic acids is 1. The summed E-state index contributed by atoms with van der Waals surface area (Å²) in [4.78, 5) is 22.7. The van der Waals surface area contributed by atoms with Gasteiger partial charge in [0.2, 0.25) is 0 Å². The summed E-state index contributed by atoms with van der Waals surface area (Å²) in [6.07, 6.45) is -1.25. The summed E-state index contributed by atoms with van der Waals surface area (Å²) in [6, 6.07) is 0. The van der Waals surface area contributed by atoms with E-state index in [1.54, 1.807) is 20.8 Å². The van der Waals surface area contributed by atoms with Gasteiger partial charge in [-0.3, -0.25) is 4.90 Å². The number of carboxylic acids is 1. The van der Waals surface area contributed by atoms with Gasteiger partial charge in [0.15, 0.2) is 0 Å². The zero-order chi connectivity index (χ0) is 11.7. The number of hydrogen-bond donors (Lipinski definition) is 2. The second-order valence-electron chi connectivity index (χ2n) is 4.47. The summed E-state index contributed by atoms with van der Waals surface area (Å²) < 4.78 is 0. The van der Waals surface area contributed by atoms with E-state index in [4.69, 9.17) is 10.2 Å². The van der Waals surface area contributed by atoms with Crippen LogP contribution < -0.4 is 0 Å². The Kier molecular flexibility index (Phi) is 3.16. The van der Waals surface area contributed by atoms with Crippen LogP contribution in [-0.2, 0) is 4.79 Å². The summed E-state index contributed by atoms with van der Waals surface area (Å²) in [5.74, 6) is -1.14. The van der Waals surface area contributed by atoms with E-state index in [1.807, 2.05) is 0 Å². The van der Waals surface area contributed by atoms with Crippen molar-refractivity contribution in [3.05, 3.63) is 0 Å². The first-order valence-electron chi connectivity index (χ1n) is 4.25. The van der Waals surface area contributed by atoms with Gasteiger partial charge < -0.3 is 10.2 Å². The number of nitrogens with zero attached hydrogens (tertiary/aromatic N) is 1. The average Bonchev–Trinajstić information content (AvgIpc) is 1.98. The van der Waals surface area contributed by atoms with E-state index in [2.05, 4.69) is 0 Å². The molecular formula is C9H17NO4. The van der Waals surface area contributed by atoms with E-state index in [1.165, 1.54) is 14.0 Å². The number of hydrogen-bond acceptors (Lipinski definition) is 2. The van der Waals surface area contributed by atoms with Gasteiger partial charge >= 0.3 is 12.1 Å². The van der Waals surface area contributed by atoms with Crippen LogP contribution in [-0.4, -0.2) is 39.8 Å². The molecule has 0 fully saturated rings. The molecular weight excluding hydrogens is 186 g/mol. The van der Waals surface area contributed by atoms with E-state index in [9.17, 15) is 9.59 Å². The van der Waals surface area contributed by atoms with E-state index < -0.39 is 23.0 Å². The normalized spacial score (nSPS) is 15.8. The van der Waals surface area contributed by atoms with Crippen LogP contribution >= 0.6 is 0 Å². The maximum atomic E-state index is 11.1. The molecule has 0 radical (unpaired) electrons. The van der Waals surface area contributed by atoms with Crippen molar-refractivity contribution in [1.29, 1.82) is 0 Å². The van der Waals surface area contributed by atoms with Gasteiger partial charge in [0.05, 0.1) is 0 Å². The summed E-state index contributed by atoms with van der Waals surface area (Å²) in [7, 11) is 1.27. The van der Waals surface area contributed by atoms with Crippen molar-refractivity contribution in [3.63, 3.8) is 0 Å². The Morgan fingerprint density at radius 2 is 1.43 bits per heavy atom. The van der Waals surface area contributed by atoms with Crippen molar-refractivity contribution in [2.75, 3.05) is 7.05 Å². The van der Waals surface area contributed by atoms with E-state index in [-0.39, 0.29) is 0 Å². The molecule has 14 heavy (non-hydrogen) atoms. The molecule has 1 atom stereocenters. The van der Waals surface area contributed by atoms with Crippen LogP contribution in [0.15, 0.2) is 0 Å². The molecule has 0 aromatic rings. The molecule has 0 aromatic heterocycles. The molecule has 0 aliphatic rings. The van der Waals surface area contributed by atoms with Crippen LogP contribution in [0.25, 0.3) is 0 Å². The lowest BCUT2D eigenvalue weighted by atomic mass is 9.74. The van der Waals surface area contributed by atoms with Gasteiger partial charge in [0.1, 0.15) is 5.54 Å². The third kappa shape index (κ3) is 1.81. The lowest BCUT2D eigenvalue weighted by Gasteiger charge is -2.43. The minimum absolute atomic E-state index is 0.675. The number of carboxylic acid groups (broad SMARTS) is 2. The largest absolute Gasteiger partial charge is 0.479 e. The van der Waals surface area contributed by atoms with Crippen molar-refractivity contribution in [2.24, 2.45) is 5.41 Å². The van der Waals surface area contributed by atoms with Gasteiger partial charge in [0, 0.05) is 7.05 Å². The van der Waals surface area contributed by atoms with Crippen molar-refractivity contribution in [1.82, 2.24) is 4.90 Å². The predicted molar refractivity (Wildman–Crippen MR) is 51.3 cm³/mol. The van der Waals surface area contributed by atoms with Crippen molar-refractivity contribution in [2.45, 2.75) is 33.2 Å². The zero-order valence-electron chi connectivity index (χ0n) is 9.16. The van der Waals surface area contributed by atoms with Crippen molar-refractivity contribution in [3.8, 4) is 0 Å². The third-order valence-corrected chi connectivity index (χ3v) is 2.83. The Labute approximate surface area is 83.3 Å². The molecule has 0 aliphatic heterocycles. The van der Waals surface area contributed by atoms with Crippen LogP contribution in [0.1, 0.15) is 27.7 Å². The molecule has 0 saturated heterocycles. The highest BCUT2D eigenvalue weighted by Gasteiger charge is 2.49. The molecule has 0 bridgehead atoms. The molecule has 2 N–H and O–H groups in total. The van der Waals surface area contributed by atoms with Gasteiger partial charge in [-0.05, 0) is 12.3 Å². The highest BCUT2D eigenvalue weighted by atomic mass is 16.4. The minimum Gasteiger partial charge on any atom is -0.479 e. The maximum absolute atomic E-state index is 11.1. The molecule has 5 heteroatoms. The zero-order valence-corrected chi connectivity index (χ0v) is 9.16. The number of rotatable bonds is 2. The molecule has 0 unspecified atom stereocenters. The van der Waals surface area contributed by atoms with E-state index in [0.29, 0.717) is 0 Å². The summed E-state index contributed by atoms with van der Waals surface area (Å²) in [5, 5.41) is 17.9. The minimum atomic E-state index is -1.43. The van der Waals surface area contributed by atoms with Crippen molar-refractivity contribution >= 4 is 12.1 Å². The Balaban J connectivity index is 5.33. The summed E-state index contributed by atoms with van der Waals surface area (Å²) in [5.41, 5.74) is -2.11. The molecule has 0 aliphatic carbocycles. The van der Waals surface area contributed by atoms with Crippen LogP contribution in [0.3, 0.4) is 0 Å². The third-order valence-electron chi connectivity index (χ3n) is 2.83. The number of likely N-dealkylation sites (N-methyl/N-ethyl adjacent to an activating group) is 1. The monoisotopic (exact) mass is 203 g/mol. The molecule has 82 valence electrons. The maximum Gasteiger partial charge on any atom is 0.408 e. The lowest BCUT2D eigenvalue weighted by molar-refractivity contribution is -0.155. The van der Waals surface area contributed by atoms with Crippen LogP contribution in [0.4, 0.5) is 4.79 Å².